The number of likely N-dealkylation sites (tertiary alicyclic amines) is 1. The molecule has 0 aromatic heterocycles. The lowest BCUT2D eigenvalue weighted by Crippen LogP contribution is -2.51. The van der Waals surface area contributed by atoms with Gasteiger partial charge in [0.15, 0.2) is 0 Å². The van der Waals surface area contributed by atoms with E-state index in [1.807, 2.05) is 32.7 Å². The molecule has 0 aromatic carbocycles. The topological polar surface area (TPSA) is 65.5 Å². The fraction of sp³-hybridized carbons (Fsp3) is 0.783. The van der Waals surface area contributed by atoms with E-state index in [1.165, 1.54) is 0 Å². The molecule has 0 radical (unpaired) electrons. The number of carbonyl (C=O) groups excluding carboxylic acids is 2. The molecule has 7 nitrogen and oxygen atoms in total. The van der Waals surface area contributed by atoms with Crippen molar-refractivity contribution in [1.82, 2.24) is 14.7 Å². The minimum atomic E-state index is -0.500. The first-order valence-corrected chi connectivity index (χ1v) is 11.0. The highest BCUT2D eigenvalue weighted by molar-refractivity contribution is 6.10. The maximum atomic E-state index is 13.0. The predicted molar refractivity (Wildman–Crippen MR) is 118 cm³/mol. The van der Waals surface area contributed by atoms with Crippen molar-refractivity contribution in [3.63, 3.8) is 0 Å². The van der Waals surface area contributed by atoms with E-state index in [0.717, 1.165) is 30.8 Å². The fourth-order valence-corrected chi connectivity index (χ4v) is 4.52. The third-order valence-electron chi connectivity index (χ3n) is 5.98. The van der Waals surface area contributed by atoms with Gasteiger partial charge in [0.05, 0.1) is 0 Å². The molecule has 0 N–H and O–H groups in total. The minimum Gasteiger partial charge on any atom is -0.444 e. The predicted octanol–water partition coefficient (Wildman–Crippen LogP) is 4.49. The molecule has 2 saturated heterocycles. The zero-order valence-electron chi connectivity index (χ0n) is 19.9. The average molecular weight is 419 g/mol. The molecule has 3 amide bonds. The highest BCUT2D eigenvalue weighted by Gasteiger charge is 2.52. The number of likely N-dealkylation sites (N-methyl/N-ethyl adjacent to an activating group) is 1. The molecule has 2 fully saturated rings. The second-order valence-electron chi connectivity index (χ2n) is 11.3. The number of rotatable bonds is 2. The van der Waals surface area contributed by atoms with Crippen LogP contribution in [-0.2, 0) is 4.74 Å². The first-order chi connectivity index (χ1) is 13.7. The second-order valence-corrected chi connectivity index (χ2v) is 11.3. The van der Waals surface area contributed by atoms with Gasteiger partial charge in [-0.25, -0.2) is 14.6 Å². The van der Waals surface area contributed by atoms with Crippen molar-refractivity contribution in [2.75, 3.05) is 26.7 Å². The molecule has 0 saturated carbocycles. The van der Waals surface area contributed by atoms with Crippen LogP contribution < -0.4 is 0 Å². The quantitative estimate of drug-likeness (QED) is 0.663. The molecular formula is C23H38N4O3. The second kappa shape index (κ2) is 7.57. The molecule has 3 rings (SSSR count). The number of amides is 3. The van der Waals surface area contributed by atoms with Gasteiger partial charge in [0.25, 0.3) is 0 Å². The number of ether oxygens (including phenoxy) is 1. The van der Waals surface area contributed by atoms with Crippen molar-refractivity contribution in [2.45, 2.75) is 78.9 Å². The maximum Gasteiger partial charge on any atom is 0.410 e. The molecule has 7 heteroatoms. The maximum absolute atomic E-state index is 13.0. The van der Waals surface area contributed by atoms with E-state index < -0.39 is 11.1 Å². The number of amidine groups is 1. The number of carbonyl (C=O) groups is 2. The molecule has 0 spiro atoms. The molecule has 168 valence electrons. The van der Waals surface area contributed by atoms with Crippen molar-refractivity contribution in [2.24, 2.45) is 16.3 Å². The molecule has 3 aliphatic rings. The summed E-state index contributed by atoms with van der Waals surface area (Å²) in [4.78, 5) is 36.0. The summed E-state index contributed by atoms with van der Waals surface area (Å²) < 4.78 is 5.56. The summed E-state index contributed by atoms with van der Waals surface area (Å²) in [6, 6.07) is 0.0138. The monoisotopic (exact) mass is 418 g/mol. The van der Waals surface area contributed by atoms with E-state index in [9.17, 15) is 9.59 Å². The van der Waals surface area contributed by atoms with Crippen LogP contribution in [0.4, 0.5) is 9.59 Å². The molecule has 3 heterocycles. The lowest BCUT2D eigenvalue weighted by Gasteiger charge is -2.39. The number of hydrogen-bond acceptors (Lipinski definition) is 4. The highest BCUT2D eigenvalue weighted by atomic mass is 16.6. The molecule has 0 bridgehead atoms. The van der Waals surface area contributed by atoms with Gasteiger partial charge >= 0.3 is 12.1 Å². The lowest BCUT2D eigenvalue weighted by molar-refractivity contribution is 0.0181. The van der Waals surface area contributed by atoms with Gasteiger partial charge in [0, 0.05) is 38.3 Å². The Balaban J connectivity index is 1.78. The summed E-state index contributed by atoms with van der Waals surface area (Å²) in [7, 11) is 1.82. The van der Waals surface area contributed by atoms with E-state index in [1.54, 1.807) is 9.80 Å². The first kappa shape index (κ1) is 22.6. The smallest absolute Gasteiger partial charge is 0.410 e. The zero-order chi connectivity index (χ0) is 22.5. The van der Waals surface area contributed by atoms with E-state index in [0.29, 0.717) is 19.6 Å². The molecule has 30 heavy (non-hydrogen) atoms. The van der Waals surface area contributed by atoms with Crippen LogP contribution in [0.2, 0.25) is 0 Å². The van der Waals surface area contributed by atoms with Gasteiger partial charge < -0.3 is 14.5 Å². The molecule has 2 unspecified atom stereocenters. The van der Waals surface area contributed by atoms with Crippen LogP contribution in [0.3, 0.4) is 0 Å². The third kappa shape index (κ3) is 4.49. The standard InChI is InChI=1S/C23H38N4O3/c1-21(2,3)15-27-19(28)25(8)18-23(27,7)12-11-17(24-18)16-10-9-13-26(14-16)20(29)30-22(4,5)6/h11,16H,9-10,12-15H2,1-8H3. The van der Waals surface area contributed by atoms with E-state index >= 15 is 0 Å². The number of fused-ring (bicyclic) bond motifs is 1. The summed E-state index contributed by atoms with van der Waals surface area (Å²) in [5.41, 5.74) is 0.0887. The van der Waals surface area contributed by atoms with Gasteiger partial charge in [-0.1, -0.05) is 26.8 Å². The third-order valence-corrected chi connectivity index (χ3v) is 5.98. The van der Waals surface area contributed by atoms with Gasteiger partial charge in [-0.2, -0.15) is 0 Å². The summed E-state index contributed by atoms with van der Waals surface area (Å²) in [5, 5.41) is 0. The van der Waals surface area contributed by atoms with Crippen LogP contribution in [-0.4, -0.2) is 70.5 Å². The number of piperidine rings is 1. The minimum absolute atomic E-state index is 0.0102. The van der Waals surface area contributed by atoms with E-state index in [-0.39, 0.29) is 23.5 Å². The van der Waals surface area contributed by atoms with Crippen molar-refractivity contribution in [1.29, 1.82) is 0 Å². The summed E-state index contributed by atoms with van der Waals surface area (Å²) in [6.07, 6.45) is 4.58. The Bertz CT molecular complexity index is 774. The van der Waals surface area contributed by atoms with Crippen molar-refractivity contribution < 1.29 is 14.3 Å². The summed E-state index contributed by atoms with van der Waals surface area (Å²) >= 11 is 0. The molecule has 3 aliphatic heterocycles. The Hall–Kier alpha value is -2.05. The number of aliphatic imine (C=N–C) groups is 1. The Morgan fingerprint density at radius 1 is 1.27 bits per heavy atom. The number of hydrogen-bond donors (Lipinski definition) is 0. The van der Waals surface area contributed by atoms with Gasteiger partial charge in [-0.3, -0.25) is 4.90 Å². The molecule has 0 aromatic rings. The fourth-order valence-electron chi connectivity index (χ4n) is 4.52. The Morgan fingerprint density at radius 2 is 1.93 bits per heavy atom. The van der Waals surface area contributed by atoms with Gasteiger partial charge in [0.1, 0.15) is 17.0 Å². The number of nitrogens with zero attached hydrogens (tertiary/aromatic N) is 4. The summed E-state index contributed by atoms with van der Waals surface area (Å²) in [5.74, 6) is 0.993. The molecule has 2 atom stereocenters. The van der Waals surface area contributed by atoms with Gasteiger partial charge in [-0.15, -0.1) is 0 Å². The highest BCUT2D eigenvalue weighted by Crippen LogP contribution is 2.39. The van der Waals surface area contributed by atoms with Crippen molar-refractivity contribution in [3.05, 3.63) is 11.8 Å². The normalized spacial score (nSPS) is 27.7. The molecular weight excluding hydrogens is 380 g/mol. The van der Waals surface area contributed by atoms with Crippen LogP contribution >= 0.6 is 0 Å². The van der Waals surface area contributed by atoms with E-state index in [2.05, 4.69) is 33.8 Å². The SMILES string of the molecule is CN1C(=O)N(CC(C)(C)C)C2(C)CC=C(C3CCCN(C(=O)OC(C)(C)C)C3)N=C12. The Morgan fingerprint density at radius 3 is 2.53 bits per heavy atom. The lowest BCUT2D eigenvalue weighted by atomic mass is 9.86. The molecule has 0 aliphatic carbocycles. The zero-order valence-corrected chi connectivity index (χ0v) is 19.9. The number of urea groups is 1. The van der Waals surface area contributed by atoms with Crippen molar-refractivity contribution in [3.8, 4) is 0 Å². The van der Waals surface area contributed by atoms with Crippen LogP contribution in [0.1, 0.15) is 67.7 Å². The van der Waals surface area contributed by atoms with Crippen LogP contribution in [0, 0.1) is 11.3 Å². The summed E-state index contributed by atoms with van der Waals surface area (Å²) in [6.45, 7) is 16.2. The largest absolute Gasteiger partial charge is 0.444 e. The Labute approximate surface area is 181 Å². The average Bonchev–Trinajstić information content (AvgIpc) is 2.80. The van der Waals surface area contributed by atoms with Crippen LogP contribution in [0.15, 0.2) is 16.8 Å². The van der Waals surface area contributed by atoms with Crippen LogP contribution in [0.25, 0.3) is 0 Å². The van der Waals surface area contributed by atoms with Crippen molar-refractivity contribution >= 4 is 18.0 Å². The van der Waals surface area contributed by atoms with E-state index in [4.69, 9.17) is 9.73 Å². The van der Waals surface area contributed by atoms with Crippen LogP contribution in [0.5, 0.6) is 0 Å². The Kier molecular flexibility index (Phi) is 5.71. The van der Waals surface area contributed by atoms with Gasteiger partial charge in [0.2, 0.25) is 0 Å². The first-order valence-electron chi connectivity index (χ1n) is 11.0. The van der Waals surface area contributed by atoms with Gasteiger partial charge in [-0.05, 0) is 52.4 Å².